The molecule has 0 heterocycles. The molecule has 0 fully saturated rings. The number of carboxylic acid groups (broad SMARTS) is 2. The van der Waals surface area contributed by atoms with Crippen molar-refractivity contribution < 1.29 is 30.0 Å². The maximum absolute atomic E-state index is 10.3. The molecule has 0 amide bonds. The van der Waals surface area contributed by atoms with Crippen molar-refractivity contribution in [3.63, 3.8) is 0 Å². The minimum Gasteiger partial charge on any atom is -0.481 e. The SMILES string of the molecule is CC(C)(C)C(O)O.CCCCCCCCC=CCCCCCCCC(=O)O.CCCCCCCCC=CCCCCCCCC(=O)O. The summed E-state index contributed by atoms with van der Waals surface area (Å²) in [5.74, 6) is -1.33. The van der Waals surface area contributed by atoms with Gasteiger partial charge in [-0.25, -0.2) is 0 Å². The standard InChI is InChI=1S/2C18H34O2.C5H12O2/c2*1-2-3-4-5-6-7-8-9-10-11-12-13-14-15-16-17-18(19)20;1-5(2,3)4(6)7/h2*9-10H,2-8,11-17H2,1H3,(H,19,20);4,6-7H,1-3H3. The molecule has 0 aromatic rings. The van der Waals surface area contributed by atoms with Crippen LogP contribution in [0.1, 0.15) is 214 Å². The van der Waals surface area contributed by atoms with Crippen LogP contribution in [0.3, 0.4) is 0 Å². The van der Waals surface area contributed by atoms with E-state index in [-0.39, 0.29) is 5.41 Å². The minimum absolute atomic E-state index is 0.332. The summed E-state index contributed by atoms with van der Waals surface area (Å²) in [4.78, 5) is 20.6. The van der Waals surface area contributed by atoms with Gasteiger partial charge in [0.15, 0.2) is 6.29 Å². The van der Waals surface area contributed by atoms with Crippen LogP contribution < -0.4 is 0 Å². The van der Waals surface area contributed by atoms with Crippen LogP contribution in [-0.2, 0) is 9.59 Å². The maximum Gasteiger partial charge on any atom is 0.303 e. The quantitative estimate of drug-likeness (QED) is 0.0344. The first kappa shape index (κ1) is 49.7. The van der Waals surface area contributed by atoms with Crippen molar-refractivity contribution in [2.24, 2.45) is 5.41 Å². The normalized spacial score (nSPS) is 11.5. The summed E-state index contributed by atoms with van der Waals surface area (Å²) >= 11 is 0. The van der Waals surface area contributed by atoms with E-state index >= 15 is 0 Å². The number of aliphatic hydroxyl groups excluding tert-OH is 1. The van der Waals surface area contributed by atoms with Crippen molar-refractivity contribution in [1.29, 1.82) is 0 Å². The predicted octanol–water partition coefficient (Wildman–Crippen LogP) is 12.6. The summed E-state index contributed by atoms with van der Waals surface area (Å²) in [5, 5.41) is 33.9. The van der Waals surface area contributed by atoms with E-state index < -0.39 is 18.2 Å². The lowest BCUT2D eigenvalue weighted by Gasteiger charge is -2.19. The fourth-order valence-corrected chi connectivity index (χ4v) is 4.69. The van der Waals surface area contributed by atoms with E-state index in [0.717, 1.165) is 25.7 Å². The number of aliphatic hydroxyl groups is 2. The molecule has 0 spiro atoms. The third-order valence-electron chi connectivity index (χ3n) is 8.08. The lowest BCUT2D eigenvalue weighted by molar-refractivity contribution is -0.138. The molecule has 0 saturated heterocycles. The van der Waals surface area contributed by atoms with Crippen LogP contribution in [0.5, 0.6) is 0 Å². The van der Waals surface area contributed by atoms with Crippen LogP contribution in [0.15, 0.2) is 24.3 Å². The van der Waals surface area contributed by atoms with Gasteiger partial charge in [-0.2, -0.15) is 0 Å². The Balaban J connectivity index is -0.000000685. The number of carbonyl (C=O) groups is 2. The second-order valence-electron chi connectivity index (χ2n) is 14.2. The van der Waals surface area contributed by atoms with Crippen molar-refractivity contribution in [2.75, 3.05) is 0 Å². The first-order chi connectivity index (χ1) is 22.5. The third-order valence-corrected chi connectivity index (χ3v) is 8.08. The summed E-state index contributed by atoms with van der Waals surface area (Å²) < 4.78 is 0. The van der Waals surface area contributed by atoms with Crippen molar-refractivity contribution in [3.05, 3.63) is 24.3 Å². The molecule has 0 aromatic carbocycles. The molecule has 0 rings (SSSR count). The fourth-order valence-electron chi connectivity index (χ4n) is 4.69. The minimum atomic E-state index is -1.20. The first-order valence-corrected chi connectivity index (χ1v) is 19.6. The van der Waals surface area contributed by atoms with E-state index in [1.54, 1.807) is 20.8 Å². The highest BCUT2D eigenvalue weighted by Gasteiger charge is 2.18. The summed E-state index contributed by atoms with van der Waals surface area (Å²) in [5.41, 5.74) is -0.389. The van der Waals surface area contributed by atoms with E-state index in [1.165, 1.54) is 141 Å². The molecule has 6 heteroatoms. The second-order valence-corrected chi connectivity index (χ2v) is 14.2. The van der Waals surface area contributed by atoms with Crippen LogP contribution >= 0.6 is 0 Å². The molecule has 6 nitrogen and oxygen atoms in total. The van der Waals surface area contributed by atoms with Gasteiger partial charge in [0, 0.05) is 18.3 Å². The van der Waals surface area contributed by atoms with E-state index in [2.05, 4.69) is 38.2 Å². The van der Waals surface area contributed by atoms with E-state index in [1.807, 2.05) is 0 Å². The molecule has 0 saturated carbocycles. The average molecular weight is 669 g/mol. The highest BCUT2D eigenvalue weighted by molar-refractivity contribution is 5.66. The second kappa shape index (κ2) is 40.5. The number of hydrogen-bond acceptors (Lipinski definition) is 4. The van der Waals surface area contributed by atoms with Crippen LogP contribution in [-0.4, -0.2) is 38.7 Å². The van der Waals surface area contributed by atoms with Crippen LogP contribution in [0, 0.1) is 5.41 Å². The van der Waals surface area contributed by atoms with Gasteiger partial charge in [0.2, 0.25) is 0 Å². The average Bonchev–Trinajstić information content (AvgIpc) is 3.01. The maximum atomic E-state index is 10.3. The Hall–Kier alpha value is -1.66. The van der Waals surface area contributed by atoms with Gasteiger partial charge in [-0.1, -0.05) is 162 Å². The van der Waals surface area contributed by atoms with Gasteiger partial charge >= 0.3 is 11.9 Å². The molecule has 0 aliphatic rings. The molecule has 0 aromatic heterocycles. The molecule has 0 unspecified atom stereocenters. The van der Waals surface area contributed by atoms with Crippen molar-refractivity contribution in [2.45, 2.75) is 221 Å². The van der Waals surface area contributed by atoms with Gasteiger partial charge in [0.1, 0.15) is 0 Å². The highest BCUT2D eigenvalue weighted by atomic mass is 16.5. The molecule has 47 heavy (non-hydrogen) atoms. The van der Waals surface area contributed by atoms with E-state index in [9.17, 15) is 9.59 Å². The zero-order chi connectivity index (χ0) is 35.9. The van der Waals surface area contributed by atoms with Gasteiger partial charge in [-0.15, -0.1) is 0 Å². The molecule has 0 bridgehead atoms. The lowest BCUT2D eigenvalue weighted by Crippen LogP contribution is -2.24. The van der Waals surface area contributed by atoms with Crippen molar-refractivity contribution >= 4 is 11.9 Å². The molecular formula is C41H80O6. The molecule has 4 N–H and O–H groups in total. The third kappa shape index (κ3) is 54.1. The Bertz CT molecular complexity index is 643. The highest BCUT2D eigenvalue weighted by Crippen LogP contribution is 2.16. The Kier molecular flexibility index (Phi) is 42.9. The largest absolute Gasteiger partial charge is 0.481 e. The smallest absolute Gasteiger partial charge is 0.303 e. The van der Waals surface area contributed by atoms with Crippen molar-refractivity contribution in [1.82, 2.24) is 0 Å². The Morgan fingerprint density at radius 1 is 0.447 bits per heavy atom. The molecule has 0 aliphatic heterocycles. The fraction of sp³-hybridized carbons (Fsp3) is 0.854. The summed E-state index contributed by atoms with van der Waals surface area (Å²) in [6.07, 6.45) is 41.3. The first-order valence-electron chi connectivity index (χ1n) is 19.6. The number of allylic oxidation sites excluding steroid dienone is 4. The summed E-state index contributed by atoms with van der Waals surface area (Å²) in [6, 6.07) is 0. The number of aliphatic carboxylic acids is 2. The number of unbranched alkanes of at least 4 members (excludes halogenated alkanes) is 22. The number of rotatable bonds is 30. The monoisotopic (exact) mass is 669 g/mol. The van der Waals surface area contributed by atoms with Gasteiger partial charge in [0.25, 0.3) is 0 Å². The van der Waals surface area contributed by atoms with Gasteiger partial charge in [0.05, 0.1) is 0 Å². The summed E-state index contributed by atoms with van der Waals surface area (Å²) in [7, 11) is 0. The van der Waals surface area contributed by atoms with Crippen LogP contribution in [0.4, 0.5) is 0 Å². The Morgan fingerprint density at radius 2 is 0.660 bits per heavy atom. The van der Waals surface area contributed by atoms with Crippen molar-refractivity contribution in [3.8, 4) is 0 Å². The predicted molar refractivity (Wildman–Crippen MR) is 202 cm³/mol. The lowest BCUT2D eigenvalue weighted by atomic mass is 9.96. The Labute approximate surface area is 291 Å². The zero-order valence-electron chi connectivity index (χ0n) is 31.8. The van der Waals surface area contributed by atoms with Crippen LogP contribution in [0.2, 0.25) is 0 Å². The van der Waals surface area contributed by atoms with Gasteiger partial charge in [-0.05, 0) is 64.2 Å². The molecule has 0 atom stereocenters. The van der Waals surface area contributed by atoms with E-state index in [4.69, 9.17) is 20.4 Å². The number of hydrogen-bond donors (Lipinski definition) is 4. The van der Waals surface area contributed by atoms with Gasteiger partial charge in [-0.3, -0.25) is 9.59 Å². The summed E-state index contributed by atoms with van der Waals surface area (Å²) in [6.45, 7) is 9.80. The molecule has 280 valence electrons. The van der Waals surface area contributed by atoms with Crippen LogP contribution in [0.25, 0.3) is 0 Å². The Morgan fingerprint density at radius 3 is 0.872 bits per heavy atom. The topological polar surface area (TPSA) is 115 Å². The van der Waals surface area contributed by atoms with Gasteiger partial charge < -0.3 is 20.4 Å². The molecule has 0 aliphatic carbocycles. The van der Waals surface area contributed by atoms with E-state index in [0.29, 0.717) is 12.8 Å². The number of carboxylic acids is 2. The molecule has 0 radical (unpaired) electrons. The zero-order valence-corrected chi connectivity index (χ0v) is 31.8. The molecular weight excluding hydrogens is 588 g/mol.